The van der Waals surface area contributed by atoms with Crippen molar-refractivity contribution in [1.29, 1.82) is 0 Å². The van der Waals surface area contributed by atoms with Crippen molar-refractivity contribution in [3.8, 4) is 11.5 Å². The van der Waals surface area contributed by atoms with Gasteiger partial charge in [0.1, 0.15) is 11.7 Å². The van der Waals surface area contributed by atoms with E-state index in [0.717, 1.165) is 0 Å². The minimum Gasteiger partial charge on any atom is -0.454 e. The predicted molar refractivity (Wildman–Crippen MR) is 79.2 cm³/mol. The fourth-order valence-corrected chi connectivity index (χ4v) is 2.06. The lowest BCUT2D eigenvalue weighted by molar-refractivity contribution is 0.100. The maximum Gasteiger partial charge on any atom is 0.231 e. The molecule has 1 aliphatic rings. The van der Waals surface area contributed by atoms with Gasteiger partial charge < -0.3 is 15.2 Å². The molecule has 3 rings (SSSR count). The summed E-state index contributed by atoms with van der Waals surface area (Å²) in [6.45, 7) is 0.182. The van der Waals surface area contributed by atoms with Crippen LogP contribution in [0.4, 0.5) is 10.1 Å². The van der Waals surface area contributed by atoms with Crippen LogP contribution in [-0.4, -0.2) is 18.4 Å². The SMILES string of the molecule is NC(CC(=O)c1ccc(F)cc1)=Nc1ccc2c(c1)OCO2. The number of ketones is 1. The van der Waals surface area contributed by atoms with E-state index in [1.807, 2.05) is 0 Å². The lowest BCUT2D eigenvalue weighted by atomic mass is 10.1. The van der Waals surface area contributed by atoms with Gasteiger partial charge >= 0.3 is 0 Å². The number of halogens is 1. The minimum atomic E-state index is -0.390. The van der Waals surface area contributed by atoms with Crippen molar-refractivity contribution in [3.05, 3.63) is 53.8 Å². The van der Waals surface area contributed by atoms with Crippen molar-refractivity contribution in [2.24, 2.45) is 10.7 Å². The molecule has 2 aromatic rings. The summed E-state index contributed by atoms with van der Waals surface area (Å²) < 4.78 is 23.3. The van der Waals surface area contributed by atoms with E-state index < -0.39 is 5.82 Å². The molecule has 0 radical (unpaired) electrons. The van der Waals surface area contributed by atoms with Crippen molar-refractivity contribution in [2.75, 3.05) is 6.79 Å². The summed E-state index contributed by atoms with van der Waals surface area (Å²) >= 11 is 0. The number of hydrogen-bond acceptors (Lipinski definition) is 4. The maximum absolute atomic E-state index is 12.8. The van der Waals surface area contributed by atoms with Crippen LogP contribution < -0.4 is 15.2 Å². The zero-order valence-electron chi connectivity index (χ0n) is 11.6. The number of fused-ring (bicyclic) bond motifs is 1. The minimum absolute atomic E-state index is 0.0416. The van der Waals surface area contributed by atoms with E-state index in [1.54, 1.807) is 18.2 Å². The van der Waals surface area contributed by atoms with Gasteiger partial charge in [0.05, 0.1) is 12.1 Å². The zero-order chi connectivity index (χ0) is 15.5. The summed E-state index contributed by atoms with van der Waals surface area (Å²) in [6, 6.07) is 10.5. The van der Waals surface area contributed by atoms with Gasteiger partial charge in [0.25, 0.3) is 0 Å². The first-order valence-electron chi connectivity index (χ1n) is 6.63. The molecule has 112 valence electrons. The van der Waals surface area contributed by atoms with Gasteiger partial charge in [0.15, 0.2) is 17.3 Å². The molecular formula is C16H13FN2O3. The van der Waals surface area contributed by atoms with Gasteiger partial charge in [-0.1, -0.05) is 0 Å². The monoisotopic (exact) mass is 300 g/mol. The number of hydrogen-bond donors (Lipinski definition) is 1. The van der Waals surface area contributed by atoms with E-state index in [1.165, 1.54) is 24.3 Å². The fourth-order valence-electron chi connectivity index (χ4n) is 2.06. The Labute approximate surface area is 126 Å². The quantitative estimate of drug-likeness (QED) is 0.535. The zero-order valence-corrected chi connectivity index (χ0v) is 11.6. The summed E-state index contributed by atoms with van der Waals surface area (Å²) in [5, 5.41) is 0. The van der Waals surface area contributed by atoms with Crippen molar-refractivity contribution in [1.82, 2.24) is 0 Å². The molecular weight excluding hydrogens is 287 g/mol. The van der Waals surface area contributed by atoms with Gasteiger partial charge in [-0.05, 0) is 36.4 Å². The maximum atomic E-state index is 12.8. The number of nitrogens with two attached hydrogens (primary N) is 1. The van der Waals surface area contributed by atoms with E-state index in [9.17, 15) is 9.18 Å². The average Bonchev–Trinajstić information content (AvgIpc) is 2.95. The van der Waals surface area contributed by atoms with Crippen LogP contribution in [0.15, 0.2) is 47.5 Å². The highest BCUT2D eigenvalue weighted by Gasteiger charge is 2.13. The van der Waals surface area contributed by atoms with E-state index in [4.69, 9.17) is 15.2 Å². The Bertz CT molecular complexity index is 742. The Morgan fingerprint density at radius 3 is 2.64 bits per heavy atom. The van der Waals surface area contributed by atoms with Gasteiger partial charge in [-0.3, -0.25) is 4.79 Å². The first kappa shape index (κ1) is 14.1. The molecule has 0 saturated carbocycles. The van der Waals surface area contributed by atoms with Gasteiger partial charge in [-0.25, -0.2) is 9.38 Å². The predicted octanol–water partition coefficient (Wildman–Crippen LogP) is 2.82. The number of nitrogens with zero attached hydrogens (tertiary/aromatic N) is 1. The van der Waals surface area contributed by atoms with E-state index >= 15 is 0 Å². The molecule has 0 fully saturated rings. The first-order valence-corrected chi connectivity index (χ1v) is 6.63. The van der Waals surface area contributed by atoms with Crippen LogP contribution in [0.3, 0.4) is 0 Å². The molecule has 1 aliphatic heterocycles. The number of benzene rings is 2. The number of aliphatic imine (C=N–C) groups is 1. The van der Waals surface area contributed by atoms with Gasteiger partial charge in [0, 0.05) is 11.6 Å². The Balaban J connectivity index is 1.72. The van der Waals surface area contributed by atoms with Crippen LogP contribution >= 0.6 is 0 Å². The van der Waals surface area contributed by atoms with Gasteiger partial charge in [0.2, 0.25) is 6.79 Å². The van der Waals surface area contributed by atoms with Crippen LogP contribution in [-0.2, 0) is 0 Å². The van der Waals surface area contributed by atoms with Crippen molar-refractivity contribution >= 4 is 17.3 Å². The molecule has 0 amide bonds. The molecule has 2 N–H and O–H groups in total. The first-order chi connectivity index (χ1) is 10.6. The smallest absolute Gasteiger partial charge is 0.231 e. The molecule has 0 saturated heterocycles. The third kappa shape index (κ3) is 3.06. The summed E-state index contributed by atoms with van der Waals surface area (Å²) in [4.78, 5) is 16.2. The molecule has 5 nitrogen and oxygen atoms in total. The number of rotatable bonds is 4. The van der Waals surface area contributed by atoms with Gasteiger partial charge in [-0.15, -0.1) is 0 Å². The molecule has 0 unspecified atom stereocenters. The third-order valence-electron chi connectivity index (χ3n) is 3.14. The third-order valence-corrected chi connectivity index (χ3v) is 3.14. The molecule has 0 aromatic heterocycles. The summed E-state index contributed by atoms with van der Waals surface area (Å²) in [5.74, 6) is 0.813. The average molecular weight is 300 g/mol. The Kier molecular flexibility index (Phi) is 3.74. The molecule has 0 atom stereocenters. The van der Waals surface area contributed by atoms with Crippen molar-refractivity contribution in [3.63, 3.8) is 0 Å². The Hall–Kier alpha value is -2.89. The molecule has 6 heteroatoms. The lowest BCUT2D eigenvalue weighted by Gasteiger charge is -2.02. The standard InChI is InChI=1S/C16H13FN2O3/c17-11-3-1-10(2-4-11)13(20)8-16(18)19-12-5-6-14-15(7-12)22-9-21-14/h1-7H,8-9H2,(H2,18,19). The highest BCUT2D eigenvalue weighted by Crippen LogP contribution is 2.35. The Morgan fingerprint density at radius 1 is 1.14 bits per heavy atom. The number of Topliss-reactive ketones (excluding diaryl/α,β-unsaturated/α-hetero) is 1. The summed E-state index contributed by atoms with van der Waals surface area (Å²) in [5.41, 5.74) is 6.77. The Morgan fingerprint density at radius 2 is 1.86 bits per heavy atom. The topological polar surface area (TPSA) is 73.9 Å². The van der Waals surface area contributed by atoms with E-state index in [2.05, 4.69) is 4.99 Å². The molecule has 0 bridgehead atoms. The van der Waals surface area contributed by atoms with Crippen LogP contribution in [0.25, 0.3) is 0 Å². The molecule has 1 heterocycles. The second-order valence-corrected chi connectivity index (χ2v) is 4.75. The summed E-state index contributed by atoms with van der Waals surface area (Å²) in [6.07, 6.45) is -0.0416. The van der Waals surface area contributed by atoms with E-state index in [-0.39, 0.29) is 24.8 Å². The fraction of sp³-hybridized carbons (Fsp3) is 0.125. The molecule has 2 aromatic carbocycles. The second-order valence-electron chi connectivity index (χ2n) is 4.75. The van der Waals surface area contributed by atoms with Crippen LogP contribution in [0.5, 0.6) is 11.5 Å². The van der Waals surface area contributed by atoms with E-state index in [0.29, 0.717) is 22.7 Å². The number of amidine groups is 1. The number of carbonyl (C=O) groups is 1. The van der Waals surface area contributed by atoms with Crippen LogP contribution in [0.2, 0.25) is 0 Å². The second kappa shape index (κ2) is 5.85. The number of carbonyl (C=O) groups excluding carboxylic acids is 1. The largest absolute Gasteiger partial charge is 0.454 e. The lowest BCUT2D eigenvalue weighted by Crippen LogP contribution is -2.16. The molecule has 22 heavy (non-hydrogen) atoms. The number of ether oxygens (including phenoxy) is 2. The highest BCUT2D eigenvalue weighted by molar-refractivity contribution is 6.09. The molecule has 0 spiro atoms. The normalized spacial score (nSPS) is 13.2. The van der Waals surface area contributed by atoms with Crippen molar-refractivity contribution in [2.45, 2.75) is 6.42 Å². The van der Waals surface area contributed by atoms with Gasteiger partial charge in [-0.2, -0.15) is 0 Å². The molecule has 0 aliphatic carbocycles. The van der Waals surface area contributed by atoms with Crippen LogP contribution in [0.1, 0.15) is 16.8 Å². The highest BCUT2D eigenvalue weighted by atomic mass is 19.1. The summed E-state index contributed by atoms with van der Waals surface area (Å²) in [7, 11) is 0. The van der Waals surface area contributed by atoms with Crippen molar-refractivity contribution < 1.29 is 18.7 Å². The van der Waals surface area contributed by atoms with Crippen LogP contribution in [0, 0.1) is 5.82 Å².